The largest absolute Gasteiger partial charge is 0.457 e. The van der Waals surface area contributed by atoms with E-state index >= 15 is 0 Å². The van der Waals surface area contributed by atoms with Crippen LogP contribution >= 0.6 is 0 Å². The van der Waals surface area contributed by atoms with Gasteiger partial charge in [-0.3, -0.25) is 4.99 Å². The molecule has 3 rings (SSSR count). The Labute approximate surface area is 177 Å². The summed E-state index contributed by atoms with van der Waals surface area (Å²) in [6.07, 6.45) is 1.10. The Morgan fingerprint density at radius 1 is 1.10 bits per heavy atom. The van der Waals surface area contributed by atoms with Gasteiger partial charge in [0.25, 0.3) is 0 Å². The Balaban J connectivity index is 1.44. The van der Waals surface area contributed by atoms with E-state index in [0.717, 1.165) is 37.6 Å². The van der Waals surface area contributed by atoms with E-state index in [9.17, 15) is 4.39 Å². The van der Waals surface area contributed by atoms with E-state index in [2.05, 4.69) is 15.2 Å². The van der Waals surface area contributed by atoms with Crippen molar-refractivity contribution in [1.29, 1.82) is 0 Å². The van der Waals surface area contributed by atoms with Crippen LogP contribution in [0.5, 0.6) is 11.5 Å². The minimum atomic E-state index is -0.278. The van der Waals surface area contributed by atoms with Gasteiger partial charge in [0.1, 0.15) is 17.3 Å². The van der Waals surface area contributed by atoms with Crippen LogP contribution in [0.3, 0.4) is 0 Å². The third-order valence-corrected chi connectivity index (χ3v) is 5.01. The maximum atomic E-state index is 13.0. The van der Waals surface area contributed by atoms with Gasteiger partial charge in [-0.1, -0.05) is 12.1 Å². The first-order valence-corrected chi connectivity index (χ1v) is 10.2. The molecule has 1 aliphatic heterocycles. The Kier molecular flexibility index (Phi) is 8.47. The number of halogens is 1. The maximum absolute atomic E-state index is 13.0. The molecule has 1 saturated heterocycles. The number of rotatable bonds is 9. The van der Waals surface area contributed by atoms with Gasteiger partial charge >= 0.3 is 0 Å². The van der Waals surface area contributed by atoms with Crippen molar-refractivity contribution in [3.8, 4) is 11.5 Å². The molecule has 1 fully saturated rings. The van der Waals surface area contributed by atoms with E-state index in [1.54, 1.807) is 19.2 Å². The molecule has 2 aromatic rings. The summed E-state index contributed by atoms with van der Waals surface area (Å²) in [4.78, 5) is 6.70. The summed E-state index contributed by atoms with van der Waals surface area (Å²) in [6.45, 7) is 4.62. The third-order valence-electron chi connectivity index (χ3n) is 5.01. The van der Waals surface area contributed by atoms with Gasteiger partial charge in [-0.05, 0) is 48.4 Å². The van der Waals surface area contributed by atoms with Crippen LogP contribution in [0.1, 0.15) is 12.0 Å². The fourth-order valence-corrected chi connectivity index (χ4v) is 3.38. The summed E-state index contributed by atoms with van der Waals surface area (Å²) < 4.78 is 29.4. The van der Waals surface area contributed by atoms with Crippen LogP contribution in [0.25, 0.3) is 0 Å². The second-order valence-electron chi connectivity index (χ2n) is 7.27. The summed E-state index contributed by atoms with van der Waals surface area (Å²) >= 11 is 0. The van der Waals surface area contributed by atoms with Crippen LogP contribution in [0.15, 0.2) is 53.5 Å². The van der Waals surface area contributed by atoms with Gasteiger partial charge in [0.2, 0.25) is 0 Å². The molecule has 0 aliphatic carbocycles. The maximum Gasteiger partial charge on any atom is 0.193 e. The SMILES string of the molecule is CN=C(NCc1ccc(Oc2ccc(F)cc2)cc1)N1CCC(COCCOC)C1. The monoisotopic (exact) mass is 415 g/mol. The highest BCUT2D eigenvalue weighted by Crippen LogP contribution is 2.22. The molecule has 2 aromatic carbocycles. The number of methoxy groups -OCH3 is 1. The normalized spacial score (nSPS) is 16.7. The highest BCUT2D eigenvalue weighted by molar-refractivity contribution is 5.80. The summed E-state index contributed by atoms with van der Waals surface area (Å²) in [6, 6.07) is 13.8. The van der Waals surface area contributed by atoms with Gasteiger partial charge in [0, 0.05) is 39.7 Å². The van der Waals surface area contributed by atoms with Gasteiger partial charge in [-0.15, -0.1) is 0 Å². The first-order chi connectivity index (χ1) is 14.7. The van der Waals surface area contributed by atoms with Gasteiger partial charge < -0.3 is 24.4 Å². The Bertz CT molecular complexity index is 796. The van der Waals surface area contributed by atoms with Crippen molar-refractivity contribution in [1.82, 2.24) is 10.2 Å². The van der Waals surface area contributed by atoms with E-state index in [1.807, 2.05) is 31.3 Å². The van der Waals surface area contributed by atoms with Crippen LogP contribution in [-0.4, -0.2) is 57.9 Å². The Morgan fingerprint density at radius 2 is 1.80 bits per heavy atom. The molecule has 0 spiro atoms. The standard InChI is InChI=1S/C23H30FN3O3/c1-25-23(27-12-11-19(16-27)17-29-14-13-28-2)26-15-18-3-7-21(8-4-18)30-22-9-5-20(24)6-10-22/h3-10,19H,11-17H2,1-2H3,(H,25,26). The molecule has 6 nitrogen and oxygen atoms in total. The summed E-state index contributed by atoms with van der Waals surface area (Å²) in [5, 5.41) is 3.43. The van der Waals surface area contributed by atoms with Gasteiger partial charge in [0.05, 0.1) is 19.8 Å². The molecule has 0 radical (unpaired) electrons. The van der Waals surface area contributed by atoms with Crippen molar-refractivity contribution in [3.63, 3.8) is 0 Å². The van der Waals surface area contributed by atoms with E-state index in [0.29, 0.717) is 37.2 Å². The molecule has 1 heterocycles. The van der Waals surface area contributed by atoms with Crippen LogP contribution < -0.4 is 10.1 Å². The summed E-state index contributed by atoms with van der Waals surface area (Å²) in [5.74, 6) is 2.47. The molecule has 30 heavy (non-hydrogen) atoms. The smallest absolute Gasteiger partial charge is 0.193 e. The topological polar surface area (TPSA) is 55.3 Å². The number of hydrogen-bond acceptors (Lipinski definition) is 4. The zero-order valence-corrected chi connectivity index (χ0v) is 17.6. The second kappa shape index (κ2) is 11.5. The molecule has 0 amide bonds. The lowest BCUT2D eigenvalue weighted by Crippen LogP contribution is -2.39. The number of hydrogen-bond donors (Lipinski definition) is 1. The van der Waals surface area contributed by atoms with E-state index in [-0.39, 0.29) is 5.82 Å². The van der Waals surface area contributed by atoms with Gasteiger partial charge in [0.15, 0.2) is 5.96 Å². The van der Waals surface area contributed by atoms with Crippen molar-refractivity contribution in [3.05, 3.63) is 59.9 Å². The number of aliphatic imine (C=N–C) groups is 1. The highest BCUT2D eigenvalue weighted by atomic mass is 19.1. The molecule has 0 bridgehead atoms. The molecule has 1 aliphatic rings. The molecular weight excluding hydrogens is 385 g/mol. The van der Waals surface area contributed by atoms with Crippen molar-refractivity contribution in [2.24, 2.45) is 10.9 Å². The molecule has 1 N–H and O–H groups in total. The average Bonchev–Trinajstić information content (AvgIpc) is 3.23. The molecule has 7 heteroatoms. The van der Waals surface area contributed by atoms with E-state index in [1.165, 1.54) is 12.1 Å². The molecule has 162 valence electrons. The number of likely N-dealkylation sites (tertiary alicyclic amines) is 1. The van der Waals surface area contributed by atoms with Crippen LogP contribution in [-0.2, 0) is 16.0 Å². The minimum Gasteiger partial charge on any atom is -0.457 e. The Morgan fingerprint density at radius 3 is 2.47 bits per heavy atom. The highest BCUT2D eigenvalue weighted by Gasteiger charge is 2.24. The lowest BCUT2D eigenvalue weighted by atomic mass is 10.1. The van der Waals surface area contributed by atoms with Crippen molar-refractivity contribution >= 4 is 5.96 Å². The fourth-order valence-electron chi connectivity index (χ4n) is 3.38. The number of ether oxygens (including phenoxy) is 3. The third kappa shape index (κ3) is 6.71. The molecule has 1 unspecified atom stereocenters. The predicted molar refractivity (Wildman–Crippen MR) is 115 cm³/mol. The number of nitrogens with one attached hydrogen (secondary N) is 1. The quantitative estimate of drug-likeness (QED) is 0.385. The van der Waals surface area contributed by atoms with Crippen LogP contribution in [0, 0.1) is 11.7 Å². The van der Waals surface area contributed by atoms with Gasteiger partial charge in [-0.25, -0.2) is 4.39 Å². The molecular formula is C23H30FN3O3. The zero-order valence-electron chi connectivity index (χ0n) is 17.6. The average molecular weight is 416 g/mol. The lowest BCUT2D eigenvalue weighted by molar-refractivity contribution is 0.0536. The van der Waals surface area contributed by atoms with Gasteiger partial charge in [-0.2, -0.15) is 0 Å². The Hall–Kier alpha value is -2.64. The van der Waals surface area contributed by atoms with E-state index in [4.69, 9.17) is 14.2 Å². The molecule has 0 saturated carbocycles. The minimum absolute atomic E-state index is 0.278. The number of benzene rings is 2. The van der Waals surface area contributed by atoms with E-state index < -0.39 is 0 Å². The second-order valence-corrected chi connectivity index (χ2v) is 7.27. The fraction of sp³-hybridized carbons (Fsp3) is 0.435. The van der Waals surface area contributed by atoms with Crippen molar-refractivity contribution in [2.45, 2.75) is 13.0 Å². The number of nitrogens with zero attached hydrogens (tertiary/aromatic N) is 2. The lowest BCUT2D eigenvalue weighted by Gasteiger charge is -2.22. The van der Waals surface area contributed by atoms with Crippen molar-refractivity contribution < 1.29 is 18.6 Å². The molecule has 1 atom stereocenters. The zero-order chi connectivity index (χ0) is 21.2. The summed E-state index contributed by atoms with van der Waals surface area (Å²) in [5.41, 5.74) is 1.13. The van der Waals surface area contributed by atoms with Crippen LogP contribution in [0.2, 0.25) is 0 Å². The first kappa shape index (κ1) is 22.1. The molecule has 0 aromatic heterocycles. The summed E-state index contributed by atoms with van der Waals surface area (Å²) in [7, 11) is 3.49. The first-order valence-electron chi connectivity index (χ1n) is 10.2. The predicted octanol–water partition coefficient (Wildman–Crippen LogP) is 3.68. The number of guanidine groups is 1. The van der Waals surface area contributed by atoms with Crippen molar-refractivity contribution in [2.75, 3.05) is 47.1 Å². The van der Waals surface area contributed by atoms with Crippen LogP contribution in [0.4, 0.5) is 4.39 Å².